The van der Waals surface area contributed by atoms with E-state index in [1.54, 1.807) is 0 Å². The van der Waals surface area contributed by atoms with E-state index in [1.807, 2.05) is 0 Å². The van der Waals surface area contributed by atoms with Gasteiger partial charge in [0, 0.05) is 0 Å². The summed E-state index contributed by atoms with van der Waals surface area (Å²) in [6.45, 7) is 0. The summed E-state index contributed by atoms with van der Waals surface area (Å²) in [6.07, 6.45) is 5.01. The molecule has 0 aromatic heterocycles. The molecule has 0 radical (unpaired) electrons. The molecule has 2 nitrogen and oxygen atoms in total. The summed E-state index contributed by atoms with van der Waals surface area (Å²) < 4.78 is 0. The van der Waals surface area contributed by atoms with Crippen molar-refractivity contribution >= 4 is 30.4 Å². The van der Waals surface area contributed by atoms with E-state index in [9.17, 15) is 9.59 Å². The second-order valence-electron chi connectivity index (χ2n) is 1.47. The maximum absolute atomic E-state index is 10.3. The zero-order chi connectivity index (χ0) is 5.98. The summed E-state index contributed by atoms with van der Waals surface area (Å²) in [5, 5.41) is 0. The quantitative estimate of drug-likeness (QED) is 0.319. The number of carbonyl (C=O) groups excluding carboxylic acids is 2. The summed E-state index contributed by atoms with van der Waals surface area (Å²) in [5.41, 5.74) is 0. The Morgan fingerprint density at radius 1 is 0.778 bits per heavy atom. The van der Waals surface area contributed by atoms with Gasteiger partial charge < -0.3 is 0 Å². The van der Waals surface area contributed by atoms with Crippen LogP contribution in [0.15, 0.2) is 24.3 Å². The fourth-order valence-corrected chi connectivity index (χ4v) is 0.440. The monoisotopic (exact) mass is 116 g/mol. The third kappa shape index (κ3) is 2.45. The first-order valence-electron chi connectivity index (χ1n) is 2.23. The van der Waals surface area contributed by atoms with Gasteiger partial charge in [0.15, 0.2) is 11.6 Å². The van der Waals surface area contributed by atoms with E-state index >= 15 is 0 Å². The number of hydrogen-bond donors (Lipinski definition) is 0. The fraction of sp³-hybridized carbons (Fsp3) is 0. The molecular weight excluding hydrogens is 111 g/mol. The molecule has 0 fully saturated rings. The van der Waals surface area contributed by atoms with Crippen LogP contribution in [0.2, 0.25) is 0 Å². The Kier molecular flexibility index (Phi) is 3.22. The molecule has 0 amide bonds. The van der Waals surface area contributed by atoms with Crippen LogP contribution in [0.4, 0.5) is 0 Å². The molecule has 0 aromatic carbocycles. The molecular formula is C6H5LiO2. The summed E-state index contributed by atoms with van der Waals surface area (Å²) in [4.78, 5) is 20.6. The molecule has 0 saturated heterocycles. The Morgan fingerprint density at radius 3 is 1.22 bits per heavy atom. The molecule has 0 aliphatic heterocycles. The van der Waals surface area contributed by atoms with Gasteiger partial charge in [-0.25, -0.2) is 0 Å². The molecule has 3 heteroatoms. The van der Waals surface area contributed by atoms with E-state index in [2.05, 4.69) is 0 Å². The van der Waals surface area contributed by atoms with Gasteiger partial charge >= 0.3 is 18.9 Å². The van der Waals surface area contributed by atoms with Crippen molar-refractivity contribution in [1.82, 2.24) is 0 Å². The first-order chi connectivity index (χ1) is 3.79. The number of allylic oxidation sites excluding steroid dienone is 4. The van der Waals surface area contributed by atoms with Crippen LogP contribution in [0.25, 0.3) is 0 Å². The van der Waals surface area contributed by atoms with Gasteiger partial charge in [0.05, 0.1) is 0 Å². The van der Waals surface area contributed by atoms with Gasteiger partial charge in [-0.2, -0.15) is 0 Å². The van der Waals surface area contributed by atoms with Crippen LogP contribution in [-0.4, -0.2) is 30.4 Å². The van der Waals surface area contributed by atoms with Gasteiger partial charge in [-0.15, -0.1) is 0 Å². The van der Waals surface area contributed by atoms with E-state index in [0.717, 1.165) is 0 Å². The van der Waals surface area contributed by atoms with Crippen LogP contribution in [0, 0.1) is 0 Å². The van der Waals surface area contributed by atoms with Crippen molar-refractivity contribution in [2.75, 3.05) is 0 Å². The Bertz CT molecular complexity index is 153. The van der Waals surface area contributed by atoms with E-state index < -0.39 is 0 Å². The van der Waals surface area contributed by atoms with E-state index in [4.69, 9.17) is 0 Å². The fourth-order valence-electron chi connectivity index (χ4n) is 0.440. The molecule has 0 unspecified atom stereocenters. The molecule has 9 heavy (non-hydrogen) atoms. The normalized spacial score (nSPS) is 15.6. The summed E-state index contributed by atoms with van der Waals surface area (Å²) >= 11 is 0. The van der Waals surface area contributed by atoms with Crippen molar-refractivity contribution in [3.63, 3.8) is 0 Å². The summed E-state index contributed by atoms with van der Waals surface area (Å²) in [7, 11) is 0. The molecule has 1 aliphatic carbocycles. The van der Waals surface area contributed by atoms with Crippen LogP contribution in [0.1, 0.15) is 0 Å². The molecule has 42 valence electrons. The molecule has 0 bridgehead atoms. The predicted octanol–water partition coefficient (Wildman–Crippen LogP) is -0.398. The number of hydrogen-bond acceptors (Lipinski definition) is 2. The van der Waals surface area contributed by atoms with Crippen LogP contribution >= 0.6 is 0 Å². The average molecular weight is 116 g/mol. The Hall–Kier alpha value is -0.583. The maximum atomic E-state index is 10.3. The van der Waals surface area contributed by atoms with Crippen molar-refractivity contribution in [2.24, 2.45) is 0 Å². The average Bonchev–Trinajstić information content (AvgIpc) is 1.77. The van der Waals surface area contributed by atoms with Crippen LogP contribution in [-0.2, 0) is 9.59 Å². The zero-order valence-corrected chi connectivity index (χ0v) is 4.13. The van der Waals surface area contributed by atoms with E-state index in [1.165, 1.54) is 24.3 Å². The summed E-state index contributed by atoms with van der Waals surface area (Å²) in [6, 6.07) is 0. The van der Waals surface area contributed by atoms with Gasteiger partial charge in [0.1, 0.15) is 0 Å². The molecule has 0 spiro atoms. The van der Waals surface area contributed by atoms with E-state index in [-0.39, 0.29) is 30.4 Å². The Labute approximate surface area is 64.8 Å². The minimum absolute atomic E-state index is 0. The number of carbonyl (C=O) groups is 2. The van der Waals surface area contributed by atoms with Crippen molar-refractivity contribution in [2.45, 2.75) is 0 Å². The summed E-state index contributed by atoms with van der Waals surface area (Å²) in [5.74, 6) is -0.241. The predicted molar refractivity (Wildman–Crippen MR) is 35.4 cm³/mol. The van der Waals surface area contributed by atoms with Crippen molar-refractivity contribution in [3.8, 4) is 0 Å². The molecule has 0 N–H and O–H groups in total. The topological polar surface area (TPSA) is 34.1 Å². The zero-order valence-electron chi connectivity index (χ0n) is 4.13. The first kappa shape index (κ1) is 8.42. The van der Waals surface area contributed by atoms with Gasteiger partial charge in [-0.1, -0.05) is 0 Å². The van der Waals surface area contributed by atoms with Gasteiger partial charge in [0.2, 0.25) is 0 Å². The van der Waals surface area contributed by atoms with E-state index in [0.29, 0.717) is 0 Å². The third-order valence-electron chi connectivity index (χ3n) is 0.824. The molecule has 0 atom stereocenters. The number of rotatable bonds is 0. The van der Waals surface area contributed by atoms with Crippen molar-refractivity contribution < 1.29 is 9.59 Å². The third-order valence-corrected chi connectivity index (χ3v) is 0.824. The second kappa shape index (κ2) is 3.44. The van der Waals surface area contributed by atoms with Gasteiger partial charge in [0.25, 0.3) is 0 Å². The van der Waals surface area contributed by atoms with Gasteiger partial charge in [-0.3, -0.25) is 9.59 Å². The van der Waals surface area contributed by atoms with Crippen molar-refractivity contribution in [3.05, 3.63) is 24.3 Å². The molecule has 0 saturated carbocycles. The first-order valence-corrected chi connectivity index (χ1v) is 2.23. The Balaban J connectivity index is 0.000000640. The standard InChI is InChI=1S/C6H4O2.Li.H/c7-5-1-2-6(8)4-3-5;;/h1-4H;;. The Morgan fingerprint density at radius 2 is 1.00 bits per heavy atom. The second-order valence-corrected chi connectivity index (χ2v) is 1.47. The molecule has 1 rings (SSSR count). The van der Waals surface area contributed by atoms with Crippen molar-refractivity contribution in [1.29, 1.82) is 0 Å². The molecule has 0 heterocycles. The van der Waals surface area contributed by atoms with Gasteiger partial charge in [-0.05, 0) is 24.3 Å². The number of ketones is 2. The van der Waals surface area contributed by atoms with Crippen LogP contribution in [0.5, 0.6) is 0 Å². The van der Waals surface area contributed by atoms with Crippen LogP contribution in [0.3, 0.4) is 0 Å². The molecule has 1 aliphatic rings. The van der Waals surface area contributed by atoms with Crippen LogP contribution < -0.4 is 0 Å². The SMILES string of the molecule is O=C1C=CC(=O)C=C1.[LiH]. The minimum atomic E-state index is -0.121. The molecule has 0 aromatic rings.